The second-order valence-corrected chi connectivity index (χ2v) is 2.65. The van der Waals surface area contributed by atoms with Gasteiger partial charge in [0, 0.05) is 26.7 Å². The molecule has 58 valence electrons. The summed E-state index contributed by atoms with van der Waals surface area (Å²) in [4.78, 5) is 3.89. The average Bonchev–Trinajstić information content (AvgIpc) is 2.40. The summed E-state index contributed by atoms with van der Waals surface area (Å²) in [6.45, 7) is 1.75. The number of amidine groups is 1. The molecule has 1 unspecified atom stereocenters. The summed E-state index contributed by atoms with van der Waals surface area (Å²) in [6, 6.07) is 0. The number of ether oxygens (including phenoxy) is 1. The van der Waals surface area contributed by atoms with E-state index in [0.29, 0.717) is 5.92 Å². The molecule has 2 N–H and O–H groups in total. The minimum absolute atomic E-state index is 0.615. The van der Waals surface area contributed by atoms with E-state index in [9.17, 15) is 0 Å². The first kappa shape index (κ1) is 7.54. The van der Waals surface area contributed by atoms with Crippen molar-refractivity contribution in [1.29, 1.82) is 0 Å². The van der Waals surface area contributed by atoms with Crippen LogP contribution in [-0.4, -0.2) is 26.1 Å². The number of hydrogen-bond acceptors (Lipinski definition) is 2. The molecule has 1 heterocycles. The van der Waals surface area contributed by atoms with Gasteiger partial charge in [0.15, 0.2) is 0 Å². The van der Waals surface area contributed by atoms with Crippen LogP contribution >= 0.6 is 0 Å². The smallest absolute Gasteiger partial charge is 0.0937 e. The zero-order valence-electron chi connectivity index (χ0n) is 6.34. The third kappa shape index (κ3) is 1.99. The van der Waals surface area contributed by atoms with E-state index in [2.05, 4.69) is 4.99 Å². The molecule has 1 atom stereocenters. The highest BCUT2D eigenvalue weighted by Gasteiger charge is 2.15. The van der Waals surface area contributed by atoms with Gasteiger partial charge in [0.05, 0.1) is 5.84 Å². The predicted molar refractivity (Wildman–Crippen MR) is 41.1 cm³/mol. The molecule has 1 aliphatic rings. The molecule has 0 saturated carbocycles. The number of aliphatic imine (C=N–C) groups is 1. The van der Waals surface area contributed by atoms with Crippen LogP contribution in [0.2, 0.25) is 0 Å². The maximum absolute atomic E-state index is 5.55. The van der Waals surface area contributed by atoms with Crippen LogP contribution in [0.15, 0.2) is 4.99 Å². The van der Waals surface area contributed by atoms with Gasteiger partial charge in [0.25, 0.3) is 0 Å². The Hall–Kier alpha value is -0.570. The Kier molecular flexibility index (Phi) is 2.68. The molecule has 0 aromatic rings. The molecular weight excluding hydrogens is 128 g/mol. The van der Waals surface area contributed by atoms with Crippen LogP contribution in [-0.2, 0) is 4.74 Å². The van der Waals surface area contributed by atoms with Gasteiger partial charge in [0.1, 0.15) is 0 Å². The largest absolute Gasteiger partial charge is 0.387 e. The Balaban J connectivity index is 2.24. The molecule has 0 radical (unpaired) electrons. The van der Waals surface area contributed by atoms with Crippen molar-refractivity contribution >= 4 is 5.84 Å². The lowest BCUT2D eigenvalue weighted by Crippen LogP contribution is -2.16. The van der Waals surface area contributed by atoms with E-state index < -0.39 is 0 Å². The Morgan fingerprint density at radius 2 is 2.60 bits per heavy atom. The highest BCUT2D eigenvalue weighted by molar-refractivity contribution is 5.80. The molecule has 1 fully saturated rings. The number of nitrogens with two attached hydrogens (primary N) is 1. The van der Waals surface area contributed by atoms with Crippen molar-refractivity contribution in [2.75, 3.05) is 20.3 Å². The number of rotatable bonds is 2. The van der Waals surface area contributed by atoms with E-state index in [1.807, 2.05) is 0 Å². The van der Waals surface area contributed by atoms with Crippen LogP contribution in [0.1, 0.15) is 12.8 Å². The van der Waals surface area contributed by atoms with Gasteiger partial charge in [-0.15, -0.1) is 0 Å². The fourth-order valence-electron chi connectivity index (χ4n) is 1.13. The second kappa shape index (κ2) is 3.56. The summed E-state index contributed by atoms with van der Waals surface area (Å²) in [6.07, 6.45) is 2.03. The van der Waals surface area contributed by atoms with E-state index in [4.69, 9.17) is 10.5 Å². The van der Waals surface area contributed by atoms with Crippen molar-refractivity contribution in [2.45, 2.75) is 12.8 Å². The zero-order chi connectivity index (χ0) is 7.40. The van der Waals surface area contributed by atoms with Crippen LogP contribution in [0.25, 0.3) is 0 Å². The quantitative estimate of drug-likeness (QED) is 0.448. The van der Waals surface area contributed by atoms with Gasteiger partial charge in [-0.05, 0) is 12.3 Å². The van der Waals surface area contributed by atoms with Crippen molar-refractivity contribution in [1.82, 2.24) is 0 Å². The normalized spacial score (nSPS) is 27.3. The van der Waals surface area contributed by atoms with E-state index in [-0.39, 0.29) is 0 Å². The summed E-state index contributed by atoms with van der Waals surface area (Å²) >= 11 is 0. The highest BCUT2D eigenvalue weighted by Crippen LogP contribution is 2.15. The van der Waals surface area contributed by atoms with Crippen molar-refractivity contribution in [3.05, 3.63) is 0 Å². The van der Waals surface area contributed by atoms with Crippen molar-refractivity contribution in [3.8, 4) is 0 Å². The Morgan fingerprint density at radius 3 is 3.10 bits per heavy atom. The van der Waals surface area contributed by atoms with Crippen LogP contribution in [0.3, 0.4) is 0 Å². The van der Waals surface area contributed by atoms with Gasteiger partial charge in [-0.2, -0.15) is 0 Å². The molecule has 0 aromatic carbocycles. The van der Waals surface area contributed by atoms with E-state index in [1.54, 1.807) is 7.05 Å². The Bertz CT molecular complexity index is 128. The third-order valence-corrected chi connectivity index (χ3v) is 1.81. The molecule has 3 nitrogen and oxygen atoms in total. The highest BCUT2D eigenvalue weighted by atomic mass is 16.5. The summed E-state index contributed by atoms with van der Waals surface area (Å²) in [5.74, 6) is 1.36. The van der Waals surface area contributed by atoms with Crippen LogP contribution in [0.4, 0.5) is 0 Å². The molecule has 1 aliphatic heterocycles. The lowest BCUT2D eigenvalue weighted by molar-refractivity contribution is 0.187. The van der Waals surface area contributed by atoms with Gasteiger partial charge >= 0.3 is 0 Å². The third-order valence-electron chi connectivity index (χ3n) is 1.81. The van der Waals surface area contributed by atoms with Crippen LogP contribution in [0.5, 0.6) is 0 Å². The van der Waals surface area contributed by atoms with Gasteiger partial charge < -0.3 is 10.5 Å². The standard InChI is InChI=1S/C7H14N2O/c1-9-7(8)4-6-2-3-10-5-6/h6H,2-5H2,1H3,(H2,8,9). The predicted octanol–water partition coefficient (Wildman–Crippen LogP) is 0.400. The van der Waals surface area contributed by atoms with E-state index in [0.717, 1.165) is 31.9 Å². The minimum atomic E-state index is 0.615. The molecule has 10 heavy (non-hydrogen) atoms. The van der Waals surface area contributed by atoms with Crippen LogP contribution in [0, 0.1) is 5.92 Å². The van der Waals surface area contributed by atoms with Crippen molar-refractivity contribution in [2.24, 2.45) is 16.6 Å². The molecular formula is C7H14N2O. The lowest BCUT2D eigenvalue weighted by atomic mass is 10.1. The monoisotopic (exact) mass is 142 g/mol. The van der Waals surface area contributed by atoms with Crippen molar-refractivity contribution < 1.29 is 4.74 Å². The van der Waals surface area contributed by atoms with E-state index >= 15 is 0 Å². The van der Waals surface area contributed by atoms with Gasteiger partial charge in [-0.1, -0.05) is 0 Å². The molecule has 0 aromatic heterocycles. The van der Waals surface area contributed by atoms with Gasteiger partial charge in [-0.25, -0.2) is 0 Å². The summed E-state index contributed by atoms with van der Waals surface area (Å²) in [7, 11) is 1.73. The Morgan fingerprint density at radius 1 is 1.80 bits per heavy atom. The summed E-state index contributed by atoms with van der Waals surface area (Å²) in [5.41, 5.74) is 5.55. The van der Waals surface area contributed by atoms with Gasteiger partial charge in [-0.3, -0.25) is 4.99 Å². The van der Waals surface area contributed by atoms with Crippen LogP contribution < -0.4 is 5.73 Å². The first-order chi connectivity index (χ1) is 4.83. The fourth-order valence-corrected chi connectivity index (χ4v) is 1.13. The molecule has 0 amide bonds. The molecule has 1 saturated heterocycles. The van der Waals surface area contributed by atoms with Gasteiger partial charge in [0.2, 0.25) is 0 Å². The summed E-state index contributed by atoms with van der Waals surface area (Å²) in [5, 5.41) is 0. The van der Waals surface area contributed by atoms with E-state index in [1.165, 1.54) is 0 Å². The molecule has 3 heteroatoms. The maximum Gasteiger partial charge on any atom is 0.0937 e. The zero-order valence-corrected chi connectivity index (χ0v) is 6.34. The summed E-state index contributed by atoms with van der Waals surface area (Å²) < 4.78 is 5.19. The molecule has 0 bridgehead atoms. The lowest BCUT2D eigenvalue weighted by Gasteiger charge is -2.04. The first-order valence-corrected chi connectivity index (χ1v) is 3.62. The molecule has 0 spiro atoms. The van der Waals surface area contributed by atoms with Crippen molar-refractivity contribution in [3.63, 3.8) is 0 Å². The first-order valence-electron chi connectivity index (χ1n) is 3.62. The molecule has 0 aliphatic carbocycles. The second-order valence-electron chi connectivity index (χ2n) is 2.65. The maximum atomic E-state index is 5.55. The Labute approximate surface area is 61.3 Å². The topological polar surface area (TPSA) is 47.6 Å². The fraction of sp³-hybridized carbons (Fsp3) is 0.857. The number of nitrogens with zero attached hydrogens (tertiary/aromatic N) is 1. The minimum Gasteiger partial charge on any atom is -0.387 e. The number of hydrogen-bond donors (Lipinski definition) is 1. The molecule has 1 rings (SSSR count). The average molecular weight is 142 g/mol. The SMILES string of the molecule is CN=C(N)CC1CCOC1.